The van der Waals surface area contributed by atoms with Gasteiger partial charge in [0.1, 0.15) is 5.75 Å². The van der Waals surface area contributed by atoms with Crippen molar-refractivity contribution in [3.05, 3.63) is 53.7 Å². The molecule has 6 heteroatoms. The van der Waals surface area contributed by atoms with Crippen molar-refractivity contribution in [2.45, 2.75) is 12.7 Å². The van der Waals surface area contributed by atoms with Gasteiger partial charge >= 0.3 is 6.18 Å². The van der Waals surface area contributed by atoms with Crippen LogP contribution in [0.25, 0.3) is 0 Å². The van der Waals surface area contributed by atoms with E-state index in [1.807, 2.05) is 0 Å². The van der Waals surface area contributed by atoms with E-state index < -0.39 is 11.7 Å². The maximum atomic E-state index is 12.5. The van der Waals surface area contributed by atoms with Gasteiger partial charge in [-0.3, -0.25) is 0 Å². The van der Waals surface area contributed by atoms with Gasteiger partial charge in [0, 0.05) is 18.8 Å². The zero-order valence-electron chi connectivity index (χ0n) is 9.82. The van der Waals surface area contributed by atoms with Crippen LogP contribution in [0, 0.1) is 0 Å². The molecule has 0 amide bonds. The molecule has 0 spiro atoms. The van der Waals surface area contributed by atoms with Crippen LogP contribution in [0.4, 0.5) is 13.2 Å². The van der Waals surface area contributed by atoms with Gasteiger partial charge in [-0.15, -0.1) is 0 Å². The first-order valence-electron chi connectivity index (χ1n) is 5.49. The zero-order chi connectivity index (χ0) is 13.9. The molecule has 19 heavy (non-hydrogen) atoms. The molecule has 0 unspecified atom stereocenters. The predicted molar refractivity (Wildman–Crippen MR) is 63.6 cm³/mol. The Kier molecular flexibility index (Phi) is 3.71. The fourth-order valence-corrected chi connectivity index (χ4v) is 1.49. The third kappa shape index (κ3) is 3.45. The quantitative estimate of drug-likeness (QED) is 0.928. The summed E-state index contributed by atoms with van der Waals surface area (Å²) < 4.78 is 42.9. The molecular weight excluding hydrogens is 257 g/mol. The number of benzene rings is 1. The van der Waals surface area contributed by atoms with Gasteiger partial charge in [-0.05, 0) is 29.8 Å². The van der Waals surface area contributed by atoms with Crippen molar-refractivity contribution in [3.8, 4) is 11.6 Å². The molecule has 0 aliphatic heterocycles. The lowest BCUT2D eigenvalue weighted by atomic mass is 10.2. The Balaban J connectivity index is 2.23. The zero-order valence-corrected chi connectivity index (χ0v) is 9.82. The van der Waals surface area contributed by atoms with E-state index in [0.29, 0.717) is 6.54 Å². The van der Waals surface area contributed by atoms with E-state index in [1.54, 1.807) is 12.1 Å². The van der Waals surface area contributed by atoms with Crippen molar-refractivity contribution < 1.29 is 17.9 Å². The van der Waals surface area contributed by atoms with Crippen molar-refractivity contribution in [1.82, 2.24) is 4.98 Å². The highest BCUT2D eigenvalue weighted by Gasteiger charge is 2.30. The SMILES string of the molecule is NCc1ccnc(Oc2cccc(C(F)(F)F)c2)c1. The molecule has 100 valence electrons. The monoisotopic (exact) mass is 268 g/mol. The highest BCUT2D eigenvalue weighted by Crippen LogP contribution is 2.32. The number of halogens is 3. The van der Waals surface area contributed by atoms with E-state index in [4.69, 9.17) is 10.5 Å². The van der Waals surface area contributed by atoms with Crippen molar-refractivity contribution in [2.75, 3.05) is 0 Å². The van der Waals surface area contributed by atoms with Crippen LogP contribution in [0.2, 0.25) is 0 Å². The first kappa shape index (κ1) is 13.4. The Hall–Kier alpha value is -2.08. The molecule has 0 aliphatic carbocycles. The van der Waals surface area contributed by atoms with E-state index in [9.17, 15) is 13.2 Å². The van der Waals surface area contributed by atoms with Crippen LogP contribution >= 0.6 is 0 Å². The van der Waals surface area contributed by atoms with Crippen molar-refractivity contribution in [2.24, 2.45) is 5.73 Å². The molecule has 2 N–H and O–H groups in total. The summed E-state index contributed by atoms with van der Waals surface area (Å²) in [6, 6.07) is 7.92. The maximum absolute atomic E-state index is 12.5. The normalized spacial score (nSPS) is 11.4. The number of nitrogens with zero attached hydrogens (tertiary/aromatic N) is 1. The molecule has 0 atom stereocenters. The minimum Gasteiger partial charge on any atom is -0.439 e. The standard InChI is InChI=1S/C13H11F3N2O/c14-13(15,16)10-2-1-3-11(7-10)19-12-6-9(8-17)4-5-18-12/h1-7H,8,17H2. The second kappa shape index (κ2) is 5.27. The van der Waals surface area contributed by atoms with Crippen LogP contribution < -0.4 is 10.5 Å². The average Bonchev–Trinajstić information content (AvgIpc) is 2.38. The van der Waals surface area contributed by atoms with E-state index in [2.05, 4.69) is 4.98 Å². The number of hydrogen-bond donors (Lipinski definition) is 1. The first-order chi connectivity index (χ1) is 8.99. The summed E-state index contributed by atoms with van der Waals surface area (Å²) in [5.41, 5.74) is 5.49. The Labute approximate surface area is 107 Å². The molecule has 2 rings (SSSR count). The van der Waals surface area contributed by atoms with E-state index >= 15 is 0 Å². The number of hydrogen-bond acceptors (Lipinski definition) is 3. The molecule has 1 aromatic carbocycles. The van der Waals surface area contributed by atoms with E-state index in [-0.39, 0.29) is 11.6 Å². The second-order valence-corrected chi connectivity index (χ2v) is 3.83. The van der Waals surface area contributed by atoms with Gasteiger partial charge in [-0.25, -0.2) is 4.98 Å². The molecule has 0 saturated carbocycles. The van der Waals surface area contributed by atoms with Gasteiger partial charge in [0.15, 0.2) is 0 Å². The minimum absolute atomic E-state index is 0.0801. The summed E-state index contributed by atoms with van der Waals surface area (Å²) in [4.78, 5) is 3.92. The topological polar surface area (TPSA) is 48.1 Å². The van der Waals surface area contributed by atoms with Crippen LogP contribution in [0.5, 0.6) is 11.6 Å². The summed E-state index contributed by atoms with van der Waals surface area (Å²) in [6.07, 6.45) is -2.91. The fourth-order valence-electron chi connectivity index (χ4n) is 1.49. The number of alkyl halides is 3. The lowest BCUT2D eigenvalue weighted by molar-refractivity contribution is -0.137. The molecule has 1 aromatic heterocycles. The van der Waals surface area contributed by atoms with Crippen LogP contribution in [0.15, 0.2) is 42.6 Å². The summed E-state index contributed by atoms with van der Waals surface area (Å²) in [5, 5.41) is 0. The van der Waals surface area contributed by atoms with Crippen LogP contribution in [-0.2, 0) is 12.7 Å². The van der Waals surface area contributed by atoms with Crippen LogP contribution in [0.3, 0.4) is 0 Å². The average molecular weight is 268 g/mol. The van der Waals surface area contributed by atoms with Crippen molar-refractivity contribution in [1.29, 1.82) is 0 Å². The Morgan fingerprint density at radius 3 is 2.63 bits per heavy atom. The summed E-state index contributed by atoms with van der Waals surface area (Å²) >= 11 is 0. The van der Waals surface area contributed by atoms with Gasteiger partial charge in [-0.1, -0.05) is 6.07 Å². The molecule has 0 aliphatic rings. The molecule has 0 bridgehead atoms. The second-order valence-electron chi connectivity index (χ2n) is 3.83. The largest absolute Gasteiger partial charge is 0.439 e. The van der Waals surface area contributed by atoms with Gasteiger partial charge in [0.25, 0.3) is 0 Å². The molecule has 1 heterocycles. The fraction of sp³-hybridized carbons (Fsp3) is 0.154. The van der Waals surface area contributed by atoms with Crippen molar-refractivity contribution in [3.63, 3.8) is 0 Å². The van der Waals surface area contributed by atoms with Gasteiger partial charge in [0.2, 0.25) is 5.88 Å². The summed E-state index contributed by atoms with van der Waals surface area (Å²) in [5.74, 6) is 0.291. The van der Waals surface area contributed by atoms with Crippen LogP contribution in [0.1, 0.15) is 11.1 Å². The highest BCUT2D eigenvalue weighted by molar-refractivity contribution is 5.33. The first-order valence-corrected chi connectivity index (χ1v) is 5.49. The van der Waals surface area contributed by atoms with E-state index in [0.717, 1.165) is 17.7 Å². The van der Waals surface area contributed by atoms with E-state index in [1.165, 1.54) is 18.3 Å². The van der Waals surface area contributed by atoms with Gasteiger partial charge < -0.3 is 10.5 Å². The summed E-state index contributed by atoms with van der Waals surface area (Å²) in [7, 11) is 0. The third-order valence-corrected chi connectivity index (χ3v) is 2.42. The van der Waals surface area contributed by atoms with Gasteiger partial charge in [0.05, 0.1) is 5.56 Å². The number of ether oxygens (including phenoxy) is 1. The molecular formula is C13H11F3N2O. The number of rotatable bonds is 3. The number of nitrogens with two attached hydrogens (primary N) is 1. The lowest BCUT2D eigenvalue weighted by Gasteiger charge is -2.09. The molecule has 3 nitrogen and oxygen atoms in total. The Morgan fingerprint density at radius 1 is 1.16 bits per heavy atom. The molecule has 2 aromatic rings. The van der Waals surface area contributed by atoms with Crippen molar-refractivity contribution >= 4 is 0 Å². The predicted octanol–water partition coefficient (Wildman–Crippen LogP) is 3.35. The smallest absolute Gasteiger partial charge is 0.416 e. The van der Waals surface area contributed by atoms with Crippen LogP contribution in [-0.4, -0.2) is 4.98 Å². The molecule has 0 radical (unpaired) electrons. The summed E-state index contributed by atoms with van der Waals surface area (Å²) in [6.45, 7) is 0.307. The minimum atomic E-state index is -4.40. The number of aromatic nitrogens is 1. The highest BCUT2D eigenvalue weighted by atomic mass is 19.4. The third-order valence-electron chi connectivity index (χ3n) is 2.42. The lowest BCUT2D eigenvalue weighted by Crippen LogP contribution is -2.04. The van der Waals surface area contributed by atoms with Gasteiger partial charge in [-0.2, -0.15) is 13.2 Å². The Bertz CT molecular complexity index is 570. The molecule has 0 saturated heterocycles. The number of pyridine rings is 1. The molecule has 0 fully saturated rings. The Morgan fingerprint density at radius 2 is 1.95 bits per heavy atom. The maximum Gasteiger partial charge on any atom is 0.416 e.